The summed E-state index contributed by atoms with van der Waals surface area (Å²) >= 11 is 0. The molecule has 0 spiro atoms. The van der Waals surface area contributed by atoms with Crippen LogP contribution >= 0.6 is 0 Å². The highest BCUT2D eigenvalue weighted by Crippen LogP contribution is 2.17. The van der Waals surface area contributed by atoms with Crippen molar-refractivity contribution in [1.82, 2.24) is 0 Å². The number of aryl methyl sites for hydroxylation is 2. The molecular formula is C21H19NO4S. The number of nitrogens with one attached hydrogen (secondary N) is 1. The summed E-state index contributed by atoms with van der Waals surface area (Å²) in [5.74, 6) is -0.938. The van der Waals surface area contributed by atoms with Gasteiger partial charge in [-0.15, -0.1) is 0 Å². The molecule has 0 saturated carbocycles. The molecule has 3 aromatic rings. The summed E-state index contributed by atoms with van der Waals surface area (Å²) in [6, 6.07) is 22.3. The van der Waals surface area contributed by atoms with E-state index < -0.39 is 16.0 Å². The second-order valence-electron chi connectivity index (χ2n) is 6.12. The Morgan fingerprint density at radius 2 is 1.48 bits per heavy atom. The van der Waals surface area contributed by atoms with Gasteiger partial charge in [-0.3, -0.25) is 4.72 Å². The summed E-state index contributed by atoms with van der Waals surface area (Å²) in [4.78, 5) is 11.2. The fraction of sp³-hybridized carbons (Fsp3) is 0.0952. The molecule has 0 fully saturated rings. The molecule has 0 atom stereocenters. The van der Waals surface area contributed by atoms with Crippen LogP contribution < -0.4 is 4.72 Å². The first-order valence-corrected chi connectivity index (χ1v) is 9.91. The predicted molar refractivity (Wildman–Crippen MR) is 105 cm³/mol. The summed E-state index contributed by atoms with van der Waals surface area (Å²) in [5.41, 5.74) is 2.76. The monoisotopic (exact) mass is 381 g/mol. The lowest BCUT2D eigenvalue weighted by Gasteiger charge is -2.09. The number of hydrogen-bond donors (Lipinski definition) is 2. The number of anilines is 1. The van der Waals surface area contributed by atoms with Gasteiger partial charge in [0.25, 0.3) is 10.0 Å². The van der Waals surface area contributed by atoms with Crippen LogP contribution in [0.5, 0.6) is 0 Å². The van der Waals surface area contributed by atoms with Crippen molar-refractivity contribution in [3.63, 3.8) is 0 Å². The molecule has 0 aliphatic heterocycles. The lowest BCUT2D eigenvalue weighted by Crippen LogP contribution is -2.12. The minimum Gasteiger partial charge on any atom is -0.478 e. The SMILES string of the molecule is O=C(O)c1cccc(CCc2ccc(NS(=O)(=O)c3ccccc3)cc2)c1. The van der Waals surface area contributed by atoms with Crippen molar-refractivity contribution in [2.45, 2.75) is 17.7 Å². The predicted octanol–water partition coefficient (Wildman–Crippen LogP) is 3.97. The molecule has 6 heteroatoms. The second kappa shape index (κ2) is 8.05. The van der Waals surface area contributed by atoms with Gasteiger partial charge in [-0.05, 0) is 60.4 Å². The maximum atomic E-state index is 12.3. The van der Waals surface area contributed by atoms with Gasteiger partial charge in [0, 0.05) is 5.69 Å². The van der Waals surface area contributed by atoms with Crippen molar-refractivity contribution in [2.24, 2.45) is 0 Å². The van der Waals surface area contributed by atoms with Crippen LogP contribution in [-0.2, 0) is 22.9 Å². The number of hydrogen-bond acceptors (Lipinski definition) is 3. The Morgan fingerprint density at radius 1 is 0.815 bits per heavy atom. The zero-order chi connectivity index (χ0) is 19.3. The van der Waals surface area contributed by atoms with Gasteiger partial charge in [0.05, 0.1) is 10.5 Å². The Bertz CT molecular complexity index is 1030. The molecule has 0 aromatic heterocycles. The molecule has 0 radical (unpaired) electrons. The highest BCUT2D eigenvalue weighted by molar-refractivity contribution is 7.92. The Balaban J connectivity index is 1.64. The van der Waals surface area contributed by atoms with Crippen LogP contribution in [-0.4, -0.2) is 19.5 Å². The van der Waals surface area contributed by atoms with E-state index in [0.717, 1.165) is 17.5 Å². The van der Waals surface area contributed by atoms with E-state index in [2.05, 4.69) is 4.72 Å². The molecule has 27 heavy (non-hydrogen) atoms. The summed E-state index contributed by atoms with van der Waals surface area (Å²) in [6.07, 6.45) is 1.44. The molecule has 3 aromatic carbocycles. The smallest absolute Gasteiger partial charge is 0.335 e. The van der Waals surface area contributed by atoms with Gasteiger partial charge < -0.3 is 5.11 Å². The van der Waals surface area contributed by atoms with Crippen LogP contribution in [0, 0.1) is 0 Å². The van der Waals surface area contributed by atoms with Crippen molar-refractivity contribution in [3.05, 3.63) is 95.6 Å². The molecule has 0 aliphatic carbocycles. The molecule has 0 unspecified atom stereocenters. The van der Waals surface area contributed by atoms with Crippen molar-refractivity contribution < 1.29 is 18.3 Å². The number of sulfonamides is 1. The maximum Gasteiger partial charge on any atom is 0.335 e. The standard InChI is InChI=1S/C21H19NO4S/c23-21(24)18-6-4-5-17(15-18)10-9-16-11-13-19(14-12-16)22-27(25,26)20-7-2-1-3-8-20/h1-8,11-15,22H,9-10H2,(H,23,24). The summed E-state index contributed by atoms with van der Waals surface area (Å²) < 4.78 is 27.2. The van der Waals surface area contributed by atoms with E-state index in [1.54, 1.807) is 60.7 Å². The molecule has 138 valence electrons. The van der Waals surface area contributed by atoms with Gasteiger partial charge in [-0.25, -0.2) is 13.2 Å². The third kappa shape index (κ3) is 4.95. The average Bonchev–Trinajstić information content (AvgIpc) is 2.68. The van der Waals surface area contributed by atoms with Crippen LogP contribution in [0.15, 0.2) is 83.8 Å². The highest BCUT2D eigenvalue weighted by Gasteiger charge is 2.13. The maximum absolute atomic E-state index is 12.3. The number of aromatic carboxylic acids is 1. The molecule has 0 heterocycles. The molecule has 3 rings (SSSR count). The van der Waals surface area contributed by atoms with Crippen molar-refractivity contribution in [1.29, 1.82) is 0 Å². The largest absolute Gasteiger partial charge is 0.478 e. The summed E-state index contributed by atoms with van der Waals surface area (Å²) in [7, 11) is -3.60. The first-order chi connectivity index (χ1) is 12.9. The van der Waals surface area contributed by atoms with E-state index in [1.165, 1.54) is 0 Å². The minimum absolute atomic E-state index is 0.215. The zero-order valence-corrected chi connectivity index (χ0v) is 15.3. The van der Waals surface area contributed by atoms with E-state index in [4.69, 9.17) is 5.11 Å². The first kappa shape index (κ1) is 18.7. The molecular weight excluding hydrogens is 362 g/mol. The Kier molecular flexibility index (Phi) is 5.57. The van der Waals surface area contributed by atoms with E-state index in [9.17, 15) is 13.2 Å². The number of rotatable bonds is 7. The lowest BCUT2D eigenvalue weighted by atomic mass is 10.0. The number of benzene rings is 3. The van der Waals surface area contributed by atoms with Crippen molar-refractivity contribution in [2.75, 3.05) is 4.72 Å². The Morgan fingerprint density at radius 3 is 2.15 bits per heavy atom. The van der Waals surface area contributed by atoms with E-state index >= 15 is 0 Å². The Hall–Kier alpha value is -3.12. The Labute approximate surface area is 158 Å². The zero-order valence-electron chi connectivity index (χ0n) is 14.5. The van der Waals surface area contributed by atoms with E-state index in [1.807, 2.05) is 18.2 Å². The van der Waals surface area contributed by atoms with Gasteiger partial charge in [0.2, 0.25) is 0 Å². The summed E-state index contributed by atoms with van der Waals surface area (Å²) in [5, 5.41) is 9.04. The fourth-order valence-electron chi connectivity index (χ4n) is 2.70. The molecule has 0 amide bonds. The highest BCUT2D eigenvalue weighted by atomic mass is 32.2. The quantitative estimate of drug-likeness (QED) is 0.649. The van der Waals surface area contributed by atoms with Crippen molar-refractivity contribution in [3.8, 4) is 0 Å². The number of carbonyl (C=O) groups is 1. The van der Waals surface area contributed by atoms with E-state index in [-0.39, 0.29) is 10.5 Å². The fourth-order valence-corrected chi connectivity index (χ4v) is 3.78. The normalized spacial score (nSPS) is 11.1. The van der Waals surface area contributed by atoms with Crippen LogP contribution in [0.1, 0.15) is 21.5 Å². The third-order valence-electron chi connectivity index (χ3n) is 4.14. The van der Waals surface area contributed by atoms with Gasteiger partial charge in [0.15, 0.2) is 0 Å². The second-order valence-corrected chi connectivity index (χ2v) is 7.80. The van der Waals surface area contributed by atoms with Crippen LogP contribution in [0.4, 0.5) is 5.69 Å². The molecule has 0 aliphatic rings. The van der Waals surface area contributed by atoms with E-state index in [0.29, 0.717) is 12.1 Å². The van der Waals surface area contributed by atoms with Gasteiger partial charge in [0.1, 0.15) is 0 Å². The molecule has 0 bridgehead atoms. The van der Waals surface area contributed by atoms with Gasteiger partial charge in [-0.1, -0.05) is 42.5 Å². The van der Waals surface area contributed by atoms with Crippen molar-refractivity contribution >= 4 is 21.7 Å². The lowest BCUT2D eigenvalue weighted by molar-refractivity contribution is 0.0696. The third-order valence-corrected chi connectivity index (χ3v) is 5.53. The van der Waals surface area contributed by atoms with Gasteiger partial charge in [-0.2, -0.15) is 0 Å². The molecule has 0 saturated heterocycles. The number of carboxylic acids is 1. The summed E-state index contributed by atoms with van der Waals surface area (Å²) in [6.45, 7) is 0. The number of carboxylic acid groups (broad SMARTS) is 1. The van der Waals surface area contributed by atoms with Crippen LogP contribution in [0.25, 0.3) is 0 Å². The topological polar surface area (TPSA) is 83.5 Å². The molecule has 5 nitrogen and oxygen atoms in total. The first-order valence-electron chi connectivity index (χ1n) is 8.43. The average molecular weight is 381 g/mol. The van der Waals surface area contributed by atoms with Gasteiger partial charge >= 0.3 is 5.97 Å². The minimum atomic E-state index is -3.60. The molecule has 2 N–H and O–H groups in total. The van der Waals surface area contributed by atoms with Crippen LogP contribution in [0.2, 0.25) is 0 Å². The van der Waals surface area contributed by atoms with Crippen LogP contribution in [0.3, 0.4) is 0 Å².